The van der Waals surface area contributed by atoms with E-state index in [0.717, 1.165) is 29.5 Å². The van der Waals surface area contributed by atoms with Crippen LogP contribution in [-0.2, 0) is 9.53 Å². The molecular formula is C19H40O2Si. The maximum absolute atomic E-state index is 12.6. The third-order valence-corrected chi connectivity index (χ3v) is 6.94. The van der Waals surface area contributed by atoms with Gasteiger partial charge >= 0.3 is 5.97 Å². The fourth-order valence-corrected chi connectivity index (χ4v) is 4.06. The van der Waals surface area contributed by atoms with Crippen molar-refractivity contribution in [2.75, 3.05) is 6.61 Å². The molecule has 0 amide bonds. The first-order chi connectivity index (χ1) is 10.5. The van der Waals surface area contributed by atoms with Gasteiger partial charge in [-0.3, -0.25) is 4.79 Å². The lowest BCUT2D eigenvalue weighted by Crippen LogP contribution is -2.33. The minimum atomic E-state index is -0.161. The van der Waals surface area contributed by atoms with E-state index in [9.17, 15) is 4.79 Å². The number of esters is 1. The summed E-state index contributed by atoms with van der Waals surface area (Å²) in [6.45, 7) is 9.52. The van der Waals surface area contributed by atoms with Crippen LogP contribution in [0.5, 0.6) is 0 Å². The van der Waals surface area contributed by atoms with Crippen molar-refractivity contribution in [1.82, 2.24) is 0 Å². The van der Waals surface area contributed by atoms with Crippen molar-refractivity contribution in [2.45, 2.75) is 103 Å². The van der Waals surface area contributed by atoms with Gasteiger partial charge in [-0.05, 0) is 25.2 Å². The Labute approximate surface area is 142 Å². The van der Waals surface area contributed by atoms with Crippen molar-refractivity contribution in [2.24, 2.45) is 5.92 Å². The summed E-state index contributed by atoms with van der Waals surface area (Å²) in [5, 5.41) is -0.161. The molecule has 2 atom stereocenters. The molecule has 0 saturated heterocycles. The highest BCUT2D eigenvalue weighted by Gasteiger charge is 2.38. The van der Waals surface area contributed by atoms with Crippen LogP contribution in [0.4, 0.5) is 0 Å². The Hall–Kier alpha value is -0.313. The van der Waals surface area contributed by atoms with Crippen molar-refractivity contribution >= 4 is 16.2 Å². The molecule has 0 N–H and O–H groups in total. The van der Waals surface area contributed by atoms with Crippen molar-refractivity contribution in [1.29, 1.82) is 0 Å². The minimum Gasteiger partial charge on any atom is -0.466 e. The normalized spacial score (nSPS) is 15.5. The number of hydrogen-bond donors (Lipinski definition) is 0. The van der Waals surface area contributed by atoms with Crippen LogP contribution in [0.2, 0.25) is 5.04 Å². The van der Waals surface area contributed by atoms with Gasteiger partial charge in [0.15, 0.2) is 0 Å². The predicted octanol–water partition coefficient (Wildman–Crippen LogP) is 5.04. The van der Waals surface area contributed by atoms with Crippen molar-refractivity contribution in [3.05, 3.63) is 0 Å². The van der Waals surface area contributed by atoms with E-state index in [0.29, 0.717) is 12.5 Å². The minimum absolute atomic E-state index is 0.0977. The average Bonchev–Trinajstić information content (AvgIpc) is 2.51. The summed E-state index contributed by atoms with van der Waals surface area (Å²) in [6, 6.07) is 0. The number of unbranched alkanes of at least 4 members (excludes halogenated alkanes) is 6. The van der Waals surface area contributed by atoms with Gasteiger partial charge in [0.25, 0.3) is 0 Å². The molecule has 0 spiro atoms. The molecule has 3 heteroatoms. The molecule has 0 aromatic heterocycles. The summed E-state index contributed by atoms with van der Waals surface area (Å²) in [6.07, 6.45) is 13.1. The molecule has 0 aromatic carbocycles. The molecule has 0 aliphatic rings. The summed E-state index contributed by atoms with van der Waals surface area (Å²) in [5.41, 5.74) is 0. The number of rotatable bonds is 14. The SMILES string of the molecule is CCCCCCOC(=O)C([SiH3])(CCC)C(C)CCCCCC. The maximum atomic E-state index is 12.6. The van der Waals surface area contributed by atoms with E-state index >= 15 is 0 Å². The van der Waals surface area contributed by atoms with Crippen LogP contribution >= 0.6 is 0 Å². The zero-order valence-corrected chi connectivity index (χ0v) is 17.9. The van der Waals surface area contributed by atoms with E-state index in [1.807, 2.05) is 0 Å². The largest absolute Gasteiger partial charge is 0.466 e. The van der Waals surface area contributed by atoms with Crippen LogP contribution in [0.3, 0.4) is 0 Å². The fourth-order valence-electron chi connectivity index (χ4n) is 3.12. The fraction of sp³-hybridized carbons (Fsp3) is 0.947. The molecule has 0 bridgehead atoms. The number of carbonyl (C=O) groups excluding carboxylic acids is 1. The van der Waals surface area contributed by atoms with Crippen LogP contribution in [0.1, 0.15) is 98.3 Å². The quantitative estimate of drug-likeness (QED) is 0.254. The predicted molar refractivity (Wildman–Crippen MR) is 101 cm³/mol. The molecule has 2 nitrogen and oxygen atoms in total. The van der Waals surface area contributed by atoms with Gasteiger partial charge in [0, 0.05) is 10.2 Å². The average molecular weight is 329 g/mol. The van der Waals surface area contributed by atoms with Crippen LogP contribution < -0.4 is 0 Å². The smallest absolute Gasteiger partial charge is 0.308 e. The number of carbonyl (C=O) groups is 1. The lowest BCUT2D eigenvalue weighted by atomic mass is 9.84. The van der Waals surface area contributed by atoms with E-state index < -0.39 is 0 Å². The Bertz CT molecular complexity index is 281. The molecule has 0 fully saturated rings. The first-order valence-corrected chi connectivity index (χ1v) is 10.7. The van der Waals surface area contributed by atoms with E-state index in [1.165, 1.54) is 51.4 Å². The molecule has 132 valence electrons. The van der Waals surface area contributed by atoms with Gasteiger partial charge in [0.05, 0.1) is 11.6 Å². The first-order valence-electron chi connectivity index (χ1n) is 9.70. The van der Waals surface area contributed by atoms with E-state index in [-0.39, 0.29) is 11.0 Å². The molecule has 0 aliphatic carbocycles. The Morgan fingerprint density at radius 2 is 1.55 bits per heavy atom. The van der Waals surface area contributed by atoms with E-state index in [4.69, 9.17) is 4.74 Å². The van der Waals surface area contributed by atoms with Gasteiger partial charge in [0.2, 0.25) is 0 Å². The molecule has 0 heterocycles. The zero-order valence-electron chi connectivity index (χ0n) is 15.9. The highest BCUT2D eigenvalue weighted by molar-refractivity contribution is 6.27. The second-order valence-corrected chi connectivity index (χ2v) is 8.90. The lowest BCUT2D eigenvalue weighted by molar-refractivity contribution is -0.149. The van der Waals surface area contributed by atoms with Crippen molar-refractivity contribution in [3.63, 3.8) is 0 Å². The lowest BCUT2D eigenvalue weighted by Gasteiger charge is -2.33. The zero-order chi connectivity index (χ0) is 16.8. The Morgan fingerprint density at radius 3 is 2.09 bits per heavy atom. The van der Waals surface area contributed by atoms with Gasteiger partial charge in [-0.2, -0.15) is 0 Å². The second-order valence-electron chi connectivity index (χ2n) is 7.11. The van der Waals surface area contributed by atoms with Crippen molar-refractivity contribution in [3.8, 4) is 0 Å². The number of hydrogen-bond acceptors (Lipinski definition) is 2. The molecule has 2 unspecified atom stereocenters. The summed E-state index contributed by atoms with van der Waals surface area (Å²) in [4.78, 5) is 12.6. The van der Waals surface area contributed by atoms with Crippen LogP contribution in [-0.4, -0.2) is 22.8 Å². The standard InChI is InChI=1S/C19H40O2Si/c1-5-8-10-12-14-17(4)19(22,15-7-3)18(20)21-16-13-11-9-6-2/h17H,5-16H2,1-4,22H3. The Kier molecular flexibility index (Phi) is 13.0. The van der Waals surface area contributed by atoms with Gasteiger partial charge in [-0.1, -0.05) is 79.1 Å². The highest BCUT2D eigenvalue weighted by atomic mass is 28.1. The summed E-state index contributed by atoms with van der Waals surface area (Å²) >= 11 is 0. The van der Waals surface area contributed by atoms with Crippen LogP contribution in [0.15, 0.2) is 0 Å². The molecule has 0 saturated carbocycles. The highest BCUT2D eigenvalue weighted by Crippen LogP contribution is 2.41. The van der Waals surface area contributed by atoms with Gasteiger partial charge < -0.3 is 4.74 Å². The summed E-state index contributed by atoms with van der Waals surface area (Å²) < 4.78 is 5.65. The van der Waals surface area contributed by atoms with Crippen molar-refractivity contribution < 1.29 is 9.53 Å². The third-order valence-electron chi connectivity index (χ3n) is 5.05. The molecule has 0 aliphatic heterocycles. The first kappa shape index (κ1) is 21.7. The Balaban J connectivity index is 4.33. The second kappa shape index (κ2) is 13.2. The van der Waals surface area contributed by atoms with Crippen LogP contribution in [0, 0.1) is 5.92 Å². The Morgan fingerprint density at radius 1 is 0.955 bits per heavy atom. The monoisotopic (exact) mass is 328 g/mol. The molecule has 0 radical (unpaired) electrons. The topological polar surface area (TPSA) is 26.3 Å². The summed E-state index contributed by atoms with van der Waals surface area (Å²) in [5.74, 6) is 0.569. The van der Waals surface area contributed by atoms with Crippen LogP contribution in [0.25, 0.3) is 0 Å². The number of ether oxygens (including phenoxy) is 1. The molecule has 0 rings (SSSR count). The third kappa shape index (κ3) is 8.35. The van der Waals surface area contributed by atoms with Gasteiger partial charge in [0.1, 0.15) is 0 Å². The summed E-state index contributed by atoms with van der Waals surface area (Å²) in [7, 11) is 0.910. The van der Waals surface area contributed by atoms with E-state index in [2.05, 4.69) is 27.7 Å². The van der Waals surface area contributed by atoms with Gasteiger partial charge in [-0.15, -0.1) is 0 Å². The van der Waals surface area contributed by atoms with E-state index in [1.54, 1.807) is 0 Å². The molecular weight excluding hydrogens is 288 g/mol. The van der Waals surface area contributed by atoms with Gasteiger partial charge in [-0.25, -0.2) is 0 Å². The maximum Gasteiger partial charge on any atom is 0.308 e. The molecule has 0 aromatic rings. The molecule has 22 heavy (non-hydrogen) atoms.